The number of rotatable bonds is 6. The van der Waals surface area contributed by atoms with E-state index >= 15 is 0 Å². The predicted octanol–water partition coefficient (Wildman–Crippen LogP) is 19.9. The zero-order valence-corrected chi connectivity index (χ0v) is 51.0. The first-order chi connectivity index (χ1) is 42.4. The van der Waals surface area contributed by atoms with Crippen molar-refractivity contribution in [3.05, 3.63) is 302 Å². The van der Waals surface area contributed by atoms with Gasteiger partial charge in [-0.2, -0.15) is 10.5 Å². The lowest BCUT2D eigenvalue weighted by Crippen LogP contribution is -2.30. The molecule has 11 heteroatoms. The van der Waals surface area contributed by atoms with Crippen molar-refractivity contribution < 1.29 is 9.59 Å². The molecular weight excluding hydrogens is 1160 g/mol. The maximum atomic E-state index is 14.4. The molecule has 0 N–H and O–H groups in total. The fraction of sp³-hybridized carbons (Fsp3) is 0.0789. The van der Waals surface area contributed by atoms with Gasteiger partial charge in [-0.15, -0.1) is 56.7 Å². The molecule has 5 aromatic heterocycles. The number of hydrogen-bond acceptors (Lipinski definition) is 10. The number of thiophene rings is 5. The lowest BCUT2D eigenvalue weighted by Gasteiger charge is -2.35. The largest absolute Gasteiger partial charge is 0.289 e. The molecule has 87 heavy (non-hydrogen) atoms. The normalized spacial score (nSPS) is 16.2. The number of Topliss-reactive ketones (excluding diaryl/α,β-unsaturated/α-hetero) is 2. The molecule has 7 aromatic carbocycles. The van der Waals surface area contributed by atoms with E-state index < -0.39 is 10.8 Å². The molecule has 0 bridgehead atoms. The van der Waals surface area contributed by atoms with Crippen LogP contribution < -0.4 is 0 Å². The number of carbonyl (C=O) groups is 2. The molecular formula is C76H42N4O2S5. The molecule has 0 saturated carbocycles. The highest BCUT2D eigenvalue weighted by Gasteiger charge is 2.54. The summed E-state index contributed by atoms with van der Waals surface area (Å²) in [5.41, 5.74) is 18.4. The average Bonchev–Trinajstić information content (AvgIpc) is 1.50. The van der Waals surface area contributed by atoms with E-state index in [9.17, 15) is 25.4 Å². The molecule has 4 aliphatic carbocycles. The quantitative estimate of drug-likeness (QED) is 0.0936. The first kappa shape index (κ1) is 52.6. The lowest BCUT2D eigenvalue weighted by molar-refractivity contribution is 0.103. The fourth-order valence-corrected chi connectivity index (χ4v) is 21.2. The van der Waals surface area contributed by atoms with E-state index in [2.05, 4.69) is 172 Å². The van der Waals surface area contributed by atoms with Crippen molar-refractivity contribution in [3.8, 4) is 39.1 Å². The Morgan fingerprint density at radius 3 is 1.29 bits per heavy atom. The number of carbonyl (C=O) groups excluding carboxylic acids is 2. The molecule has 0 fully saturated rings. The highest BCUT2D eigenvalue weighted by atomic mass is 32.1. The summed E-state index contributed by atoms with van der Waals surface area (Å²) in [6.07, 6.45) is 3.77. The van der Waals surface area contributed by atoms with E-state index in [1.165, 1.54) is 74.8 Å². The van der Waals surface area contributed by atoms with Crippen LogP contribution in [0.4, 0.5) is 0 Å². The topological polar surface area (TPSA) is 110 Å². The predicted molar refractivity (Wildman–Crippen MR) is 357 cm³/mol. The van der Waals surface area contributed by atoms with Gasteiger partial charge in [0.1, 0.15) is 17.7 Å². The van der Waals surface area contributed by atoms with Gasteiger partial charge in [0.05, 0.1) is 42.3 Å². The fourth-order valence-electron chi connectivity index (χ4n) is 14.1. The molecule has 0 atom stereocenters. The molecule has 5 heterocycles. The van der Waals surface area contributed by atoms with Crippen LogP contribution in [-0.4, -0.2) is 11.6 Å². The van der Waals surface area contributed by atoms with Crippen molar-refractivity contribution in [2.24, 2.45) is 0 Å². The number of aryl methyl sites for hydroxylation is 4. The summed E-state index contributed by atoms with van der Waals surface area (Å²) in [5.74, 6) is -0.397. The summed E-state index contributed by atoms with van der Waals surface area (Å²) in [6.45, 7) is 16.5. The average molecular weight is 1200 g/mol. The molecule has 0 spiro atoms. The first-order valence-electron chi connectivity index (χ1n) is 28.2. The number of allylic oxidation sites excluding steroid dienone is 6. The van der Waals surface area contributed by atoms with Crippen LogP contribution in [0, 0.1) is 68.3 Å². The van der Waals surface area contributed by atoms with Gasteiger partial charge in [0, 0.05) is 73.5 Å². The third kappa shape index (κ3) is 7.24. The molecule has 12 aromatic rings. The summed E-state index contributed by atoms with van der Waals surface area (Å²) in [5, 5.41) is 30.6. The molecule has 6 nitrogen and oxygen atoms in total. The molecule has 16 rings (SSSR count). The monoisotopic (exact) mass is 1200 g/mol. The number of nitrogens with zero attached hydrogens (tertiary/aromatic N) is 4. The minimum absolute atomic E-state index is 0.0841. The minimum atomic E-state index is -0.810. The second kappa shape index (κ2) is 19.3. The van der Waals surface area contributed by atoms with Gasteiger partial charge < -0.3 is 0 Å². The second-order valence-corrected chi connectivity index (χ2v) is 28.0. The van der Waals surface area contributed by atoms with Crippen LogP contribution in [0.1, 0.15) is 108 Å². The maximum absolute atomic E-state index is 14.4. The van der Waals surface area contributed by atoms with Crippen molar-refractivity contribution in [1.29, 1.82) is 15.8 Å². The Morgan fingerprint density at radius 1 is 0.437 bits per heavy atom. The number of benzene rings is 7. The van der Waals surface area contributed by atoms with Crippen LogP contribution in [-0.2, 0) is 10.8 Å². The molecule has 0 amide bonds. The van der Waals surface area contributed by atoms with Crippen LogP contribution in [0.3, 0.4) is 0 Å². The standard InChI is InChI=1S/C76H42N4O2S5/c1-39-14-22-44(23-15-39)75(45-24-16-40(2)17-25-45)58-35-55-59(34-54(58)69-65(75)71-61(85-69)32-48(83-71)31-57-64(60(38-79)80-5)51-11-7-9-13-53(51)68(57)82)76(46-26-18-41(3)19-27-46,47-28-20-42(4)21-29-47)66-70(55)87-74-72-62(86-73(66)74)33-49(84-72)30-56-63(43(36-77)37-78)50-10-6-8-12-52(50)67(56)81/h6-35H,1-4H3/b56-30-,57-31-,64-60+. The summed E-state index contributed by atoms with van der Waals surface area (Å²) in [7, 11) is 0. The number of fused-ring (bicyclic) bond motifs is 14. The lowest BCUT2D eigenvalue weighted by atomic mass is 9.65. The van der Waals surface area contributed by atoms with E-state index in [0.717, 1.165) is 50.8 Å². The first-order valence-corrected chi connectivity index (χ1v) is 32.3. The Kier molecular flexibility index (Phi) is 11.7. The van der Waals surface area contributed by atoms with Crippen LogP contribution in [0.5, 0.6) is 0 Å². The Morgan fingerprint density at radius 2 is 0.839 bits per heavy atom. The SMILES string of the molecule is [C-]#[N+]/C(C#N)=C1/C(=C/c2cc3sc4c(c3s2)C(c2ccc(C)cc2)(c2ccc(C)cc2)c2cc3c(cc2-4)C(c2ccc(C)cc2)(c2ccc(C)cc2)c2c-3sc3c2sc2cc(/C=C4\C(=O)c5ccccc5C4=C(C#N)C#N)sc23)C(=O)c2ccccc21. The Bertz CT molecular complexity index is 5320. The Labute approximate surface area is 521 Å². The highest BCUT2D eigenvalue weighted by molar-refractivity contribution is 7.40. The van der Waals surface area contributed by atoms with Gasteiger partial charge in [-0.1, -0.05) is 168 Å². The molecule has 4 aliphatic rings. The van der Waals surface area contributed by atoms with Crippen molar-refractivity contribution in [2.45, 2.75) is 38.5 Å². The zero-order valence-electron chi connectivity index (χ0n) is 47.0. The van der Waals surface area contributed by atoms with Crippen LogP contribution in [0.2, 0.25) is 0 Å². The third-order valence-electron chi connectivity index (χ3n) is 17.9. The van der Waals surface area contributed by atoms with Gasteiger partial charge in [-0.05, 0) is 120 Å². The van der Waals surface area contributed by atoms with E-state index in [1.54, 1.807) is 57.5 Å². The summed E-state index contributed by atoms with van der Waals surface area (Å²) in [6, 6.07) is 66.4. The summed E-state index contributed by atoms with van der Waals surface area (Å²) in [4.78, 5) is 36.3. The van der Waals surface area contributed by atoms with Crippen molar-refractivity contribution in [3.63, 3.8) is 0 Å². The summed E-state index contributed by atoms with van der Waals surface area (Å²) < 4.78 is 6.84. The Hall–Kier alpha value is -9.92. The van der Waals surface area contributed by atoms with E-state index in [1.807, 2.05) is 59.9 Å². The number of hydrogen-bond donors (Lipinski definition) is 0. The second-order valence-electron chi connectivity index (χ2n) is 22.8. The highest BCUT2D eigenvalue weighted by Crippen LogP contribution is 2.69. The van der Waals surface area contributed by atoms with Gasteiger partial charge >= 0.3 is 0 Å². The minimum Gasteiger partial charge on any atom is -0.289 e. The number of nitriles is 3. The van der Waals surface area contributed by atoms with Crippen LogP contribution in [0.15, 0.2) is 192 Å². The molecule has 0 saturated heterocycles. The molecule has 0 unspecified atom stereocenters. The van der Waals surface area contributed by atoms with Gasteiger partial charge in [-0.3, -0.25) is 9.59 Å². The van der Waals surface area contributed by atoms with Gasteiger partial charge in [0.15, 0.2) is 11.6 Å². The number of ketones is 2. The molecule has 0 radical (unpaired) electrons. The Balaban J connectivity index is 0.977. The molecule has 408 valence electrons. The third-order valence-corrected chi connectivity index (χ3v) is 24.2. The van der Waals surface area contributed by atoms with Gasteiger partial charge in [-0.25, -0.2) is 10.1 Å². The van der Waals surface area contributed by atoms with Gasteiger partial charge in [0.25, 0.3) is 5.70 Å². The molecule has 0 aliphatic heterocycles. The van der Waals surface area contributed by atoms with Crippen LogP contribution >= 0.6 is 56.7 Å². The smallest absolute Gasteiger partial charge is 0.270 e. The van der Waals surface area contributed by atoms with Crippen molar-refractivity contribution in [1.82, 2.24) is 0 Å². The summed E-state index contributed by atoms with van der Waals surface area (Å²) >= 11 is 8.71. The van der Waals surface area contributed by atoms with Crippen LogP contribution in [0.25, 0.3) is 77.2 Å². The maximum Gasteiger partial charge on any atom is 0.270 e. The van der Waals surface area contributed by atoms with E-state index in [-0.39, 0.29) is 22.8 Å². The van der Waals surface area contributed by atoms with E-state index in [4.69, 9.17) is 6.57 Å². The van der Waals surface area contributed by atoms with Crippen molar-refractivity contribution >= 4 is 120 Å². The van der Waals surface area contributed by atoms with E-state index in [0.29, 0.717) is 44.5 Å². The van der Waals surface area contributed by atoms with Crippen molar-refractivity contribution in [2.75, 3.05) is 0 Å². The zero-order chi connectivity index (χ0) is 59.4. The van der Waals surface area contributed by atoms with Gasteiger partial charge in [0.2, 0.25) is 0 Å².